The average Bonchev–Trinajstić information content (AvgIpc) is 3.39. The van der Waals surface area contributed by atoms with Crippen LogP contribution in [-0.4, -0.2) is 65.0 Å². The van der Waals surface area contributed by atoms with Crippen molar-refractivity contribution in [2.24, 2.45) is 0 Å². The zero-order valence-electron chi connectivity index (χ0n) is 22.4. The smallest absolute Gasteiger partial charge is 0.316 e. The number of ether oxygens (including phenoxy) is 2. The molecule has 2 saturated heterocycles. The molecule has 3 aromatic rings. The fourth-order valence-corrected chi connectivity index (χ4v) is 6.62. The average molecular weight is 547 g/mol. The highest BCUT2D eigenvalue weighted by atomic mass is 35.5. The van der Waals surface area contributed by atoms with Gasteiger partial charge in [0.25, 0.3) is 0 Å². The number of hydrogen-bond acceptors (Lipinski definition) is 6. The molecule has 204 valence electrons. The van der Waals surface area contributed by atoms with Crippen LogP contribution in [0.4, 0.5) is 0 Å². The summed E-state index contributed by atoms with van der Waals surface area (Å²) in [5.41, 5.74) is 4.14. The molecule has 2 fully saturated rings. The summed E-state index contributed by atoms with van der Waals surface area (Å²) in [6.45, 7) is 7.14. The summed E-state index contributed by atoms with van der Waals surface area (Å²) in [6, 6.07) is 13.1. The van der Waals surface area contributed by atoms with Gasteiger partial charge in [0.1, 0.15) is 6.61 Å². The number of likely N-dealkylation sites (N-methyl/N-ethyl adjacent to an activating group) is 1. The summed E-state index contributed by atoms with van der Waals surface area (Å²) >= 11 is 6.65. The van der Waals surface area contributed by atoms with Crippen LogP contribution in [0, 0.1) is 0 Å². The van der Waals surface area contributed by atoms with Crippen molar-refractivity contribution >= 4 is 28.3 Å². The van der Waals surface area contributed by atoms with Gasteiger partial charge in [-0.15, -0.1) is 0 Å². The lowest BCUT2D eigenvalue weighted by Gasteiger charge is -2.34. The molecule has 3 aliphatic heterocycles. The van der Waals surface area contributed by atoms with E-state index in [0.717, 1.165) is 64.1 Å². The van der Waals surface area contributed by atoms with Crippen LogP contribution in [0.2, 0.25) is 5.02 Å². The number of carbonyl (C=O) groups excluding carboxylic acids is 1. The number of rotatable bonds is 6. The van der Waals surface area contributed by atoms with Crippen molar-refractivity contribution in [2.75, 3.05) is 33.3 Å². The highest BCUT2D eigenvalue weighted by molar-refractivity contribution is 6.35. The molecule has 1 unspecified atom stereocenters. The molecule has 2 atom stereocenters. The van der Waals surface area contributed by atoms with Crippen molar-refractivity contribution in [1.82, 2.24) is 19.8 Å². The van der Waals surface area contributed by atoms with Gasteiger partial charge in [0, 0.05) is 47.4 Å². The Hall–Kier alpha value is -3.00. The van der Waals surface area contributed by atoms with Crippen LogP contribution in [0.3, 0.4) is 0 Å². The van der Waals surface area contributed by atoms with Crippen LogP contribution in [-0.2, 0) is 22.6 Å². The van der Waals surface area contributed by atoms with Crippen LogP contribution < -0.4 is 4.74 Å². The lowest BCUT2D eigenvalue weighted by atomic mass is 9.87. The minimum absolute atomic E-state index is 0.0113. The third kappa shape index (κ3) is 5.28. The third-order valence-electron chi connectivity index (χ3n) is 8.59. The van der Waals surface area contributed by atoms with Gasteiger partial charge in [0.15, 0.2) is 0 Å². The number of carbonyl (C=O) groups is 1. The Morgan fingerprint density at radius 3 is 2.69 bits per heavy atom. The molecule has 0 N–H and O–H groups in total. The summed E-state index contributed by atoms with van der Waals surface area (Å²) in [5, 5.41) is 2.86. The van der Waals surface area contributed by atoms with Crippen molar-refractivity contribution < 1.29 is 14.3 Å². The molecule has 1 amide bonds. The van der Waals surface area contributed by atoms with E-state index in [9.17, 15) is 4.79 Å². The fraction of sp³-hybridized carbons (Fsp3) is 0.452. The maximum atomic E-state index is 12.2. The lowest BCUT2D eigenvalue weighted by Crippen LogP contribution is -2.37. The van der Waals surface area contributed by atoms with Crippen molar-refractivity contribution in [1.29, 1.82) is 0 Å². The van der Waals surface area contributed by atoms with Gasteiger partial charge >= 0.3 is 6.01 Å². The number of amides is 1. The molecule has 0 spiro atoms. The predicted molar refractivity (Wildman–Crippen MR) is 152 cm³/mol. The second-order valence-corrected chi connectivity index (χ2v) is 11.3. The van der Waals surface area contributed by atoms with E-state index in [1.165, 1.54) is 12.5 Å². The van der Waals surface area contributed by atoms with Crippen molar-refractivity contribution in [3.05, 3.63) is 76.6 Å². The van der Waals surface area contributed by atoms with Gasteiger partial charge in [0.2, 0.25) is 5.91 Å². The molecule has 0 aliphatic carbocycles. The summed E-state index contributed by atoms with van der Waals surface area (Å²) in [7, 11) is 2.15. The molecule has 6 rings (SSSR count). The minimum Gasteiger partial charge on any atom is -0.462 e. The van der Waals surface area contributed by atoms with Crippen LogP contribution in [0.1, 0.15) is 60.2 Å². The molecule has 0 bridgehead atoms. The molecular weight excluding hydrogens is 512 g/mol. The van der Waals surface area contributed by atoms with Gasteiger partial charge in [-0.05, 0) is 62.4 Å². The van der Waals surface area contributed by atoms with E-state index in [0.29, 0.717) is 44.8 Å². The maximum Gasteiger partial charge on any atom is 0.316 e. The van der Waals surface area contributed by atoms with Gasteiger partial charge < -0.3 is 19.3 Å². The van der Waals surface area contributed by atoms with Gasteiger partial charge in [-0.1, -0.05) is 48.5 Å². The Labute approximate surface area is 234 Å². The summed E-state index contributed by atoms with van der Waals surface area (Å²) in [6.07, 6.45) is 5.86. The quantitative estimate of drug-likeness (QED) is 0.382. The van der Waals surface area contributed by atoms with Gasteiger partial charge in [-0.3, -0.25) is 4.79 Å². The number of likely N-dealkylation sites (tertiary alicyclic amines) is 2. The lowest BCUT2D eigenvalue weighted by molar-refractivity contribution is -0.127. The van der Waals surface area contributed by atoms with E-state index in [-0.39, 0.29) is 17.9 Å². The second-order valence-electron chi connectivity index (χ2n) is 10.9. The van der Waals surface area contributed by atoms with Gasteiger partial charge in [-0.2, -0.15) is 9.97 Å². The molecule has 7 nitrogen and oxygen atoms in total. The molecule has 0 radical (unpaired) electrons. The summed E-state index contributed by atoms with van der Waals surface area (Å²) < 4.78 is 12.8. The normalized spacial score (nSPS) is 22.2. The summed E-state index contributed by atoms with van der Waals surface area (Å²) in [4.78, 5) is 26.3. The molecular formula is C31H35ClN4O3. The number of nitrogens with zero attached hydrogens (tertiary/aromatic N) is 4. The van der Waals surface area contributed by atoms with E-state index < -0.39 is 0 Å². The van der Waals surface area contributed by atoms with Crippen LogP contribution >= 0.6 is 11.6 Å². The molecule has 2 aromatic carbocycles. The molecule has 1 aromatic heterocycles. The van der Waals surface area contributed by atoms with E-state index in [1.54, 1.807) is 0 Å². The molecule has 3 aliphatic rings. The second kappa shape index (κ2) is 11.2. The minimum atomic E-state index is -0.162. The Bertz CT molecular complexity index is 1380. The first-order valence-corrected chi connectivity index (χ1v) is 14.3. The Balaban J connectivity index is 1.31. The number of piperidine rings is 1. The Morgan fingerprint density at radius 1 is 1.15 bits per heavy atom. The van der Waals surface area contributed by atoms with Crippen LogP contribution in [0.15, 0.2) is 49.1 Å². The number of benzene rings is 2. The molecule has 8 heteroatoms. The molecule has 4 heterocycles. The van der Waals surface area contributed by atoms with E-state index in [1.807, 2.05) is 17.0 Å². The third-order valence-corrected chi connectivity index (χ3v) is 8.90. The number of halogens is 1. The molecule has 39 heavy (non-hydrogen) atoms. The largest absolute Gasteiger partial charge is 0.462 e. The summed E-state index contributed by atoms with van der Waals surface area (Å²) in [5.74, 6) is 0.210. The Morgan fingerprint density at radius 2 is 1.95 bits per heavy atom. The standard InChI is InChI=1S/C31H35ClN4O3/c1-3-28(37)36-15-12-21(13-16-36)30-24-19-38-27(23-10-4-7-20-8-5-11-25(32)29(20)23)17-26(24)33-31(34-30)39-18-22-9-6-14-35(22)2/h3-5,7-8,10-11,21-22,27H,1,6,9,12-19H2,2H3/t22-,27?/m0/s1. The molecule has 0 saturated carbocycles. The van der Waals surface area contributed by atoms with Crippen LogP contribution in [0.25, 0.3) is 10.8 Å². The highest BCUT2D eigenvalue weighted by Gasteiger charge is 2.32. The number of hydrogen-bond donors (Lipinski definition) is 0. The van der Waals surface area contributed by atoms with E-state index >= 15 is 0 Å². The fourth-order valence-electron chi connectivity index (χ4n) is 6.33. The highest BCUT2D eigenvalue weighted by Crippen LogP contribution is 2.40. The number of aromatic nitrogens is 2. The first kappa shape index (κ1) is 26.2. The monoisotopic (exact) mass is 546 g/mol. The van der Waals surface area contributed by atoms with E-state index in [4.69, 9.17) is 31.0 Å². The maximum absolute atomic E-state index is 12.2. The van der Waals surface area contributed by atoms with Crippen molar-refractivity contribution in [2.45, 2.75) is 56.8 Å². The number of fused-ring (bicyclic) bond motifs is 2. The SMILES string of the molecule is C=CC(=O)N1CCC(c2nc(OC[C@@H]3CCCN3C)nc3c2COC(c2cccc4cccc(Cl)c24)C3)CC1. The van der Waals surface area contributed by atoms with Crippen LogP contribution in [0.5, 0.6) is 6.01 Å². The van der Waals surface area contributed by atoms with Gasteiger partial charge in [0.05, 0.1) is 24.1 Å². The zero-order chi connectivity index (χ0) is 26.9. The van der Waals surface area contributed by atoms with Gasteiger partial charge in [-0.25, -0.2) is 0 Å². The van der Waals surface area contributed by atoms with Crippen molar-refractivity contribution in [3.8, 4) is 6.01 Å². The predicted octanol–water partition coefficient (Wildman–Crippen LogP) is 5.46. The Kier molecular flexibility index (Phi) is 7.56. The topological polar surface area (TPSA) is 67.8 Å². The van der Waals surface area contributed by atoms with E-state index in [2.05, 4.69) is 42.8 Å². The first-order valence-electron chi connectivity index (χ1n) is 13.9. The first-order chi connectivity index (χ1) is 19.0. The van der Waals surface area contributed by atoms with Crippen molar-refractivity contribution in [3.63, 3.8) is 0 Å². The zero-order valence-corrected chi connectivity index (χ0v) is 23.2.